The minimum Gasteiger partial charge on any atom is -0.506 e. The molecule has 2 aromatic carbocycles. The summed E-state index contributed by atoms with van der Waals surface area (Å²) in [4.78, 5) is 25.6. The highest BCUT2D eigenvalue weighted by Gasteiger charge is 2.23. The van der Waals surface area contributed by atoms with Gasteiger partial charge in [-0.1, -0.05) is 32.9 Å². The maximum atomic E-state index is 11.0. The highest BCUT2D eigenvalue weighted by molar-refractivity contribution is 6.00. The maximum Gasteiger partial charge on any atom is 0.338 e. The second-order valence-corrected chi connectivity index (χ2v) is 6.77. The van der Waals surface area contributed by atoms with Crippen LogP contribution >= 0.6 is 0 Å². The predicted molar refractivity (Wildman–Crippen MR) is 99.1 cm³/mol. The molecule has 0 aliphatic rings. The number of aromatic nitrogens is 1. The molecule has 0 saturated heterocycles. The number of aromatic carboxylic acids is 2. The number of nitrogens with two attached hydrogens (primary N) is 1. The van der Waals surface area contributed by atoms with Gasteiger partial charge in [0.15, 0.2) is 5.58 Å². The van der Waals surface area contributed by atoms with Crippen molar-refractivity contribution in [2.75, 3.05) is 5.73 Å². The Morgan fingerprint density at radius 3 is 2.07 bits per heavy atom. The lowest BCUT2D eigenvalue weighted by Crippen LogP contribution is -2.11. The molecule has 0 radical (unpaired) electrons. The third-order valence-corrected chi connectivity index (χ3v) is 3.60. The highest BCUT2D eigenvalue weighted by atomic mass is 16.4. The van der Waals surface area contributed by atoms with Crippen LogP contribution in [-0.4, -0.2) is 32.2 Å². The minimum atomic E-state index is -1.14. The molecule has 27 heavy (non-hydrogen) atoms. The number of nitrogens with zero attached hydrogens (tertiary/aromatic N) is 1. The van der Waals surface area contributed by atoms with Gasteiger partial charge in [0.05, 0.1) is 16.8 Å². The summed E-state index contributed by atoms with van der Waals surface area (Å²) in [5.41, 5.74) is 5.96. The Kier molecular flexibility index (Phi) is 5.39. The van der Waals surface area contributed by atoms with Gasteiger partial charge in [0, 0.05) is 5.41 Å². The molecule has 0 saturated carbocycles. The first-order chi connectivity index (χ1) is 12.5. The number of benzene rings is 2. The zero-order valence-corrected chi connectivity index (χ0v) is 15.1. The molecule has 0 amide bonds. The lowest BCUT2D eigenvalue weighted by molar-refractivity contribution is 0.0687. The number of oxazole rings is 1. The predicted octanol–water partition coefficient (Wildman–Crippen LogP) is 3.50. The van der Waals surface area contributed by atoms with Crippen molar-refractivity contribution < 1.29 is 29.3 Å². The van der Waals surface area contributed by atoms with Gasteiger partial charge in [0.2, 0.25) is 5.89 Å². The number of para-hydroxylation sites is 2. The molecule has 3 aromatic rings. The molecule has 0 aliphatic carbocycles. The second kappa shape index (κ2) is 7.36. The van der Waals surface area contributed by atoms with E-state index in [-0.39, 0.29) is 28.0 Å². The van der Waals surface area contributed by atoms with Crippen LogP contribution in [-0.2, 0) is 5.41 Å². The zero-order chi connectivity index (χ0) is 20.4. The average Bonchev–Trinajstić information content (AvgIpc) is 3.02. The van der Waals surface area contributed by atoms with Crippen LogP contribution in [0.2, 0.25) is 0 Å². The standard InChI is InChI=1S/C12H13NO3.C7H7NO3/c1-12(2,3)11-13-9-7(10(14)15)5-4-6-8(9)16-11;8-6-4(7(10)11)2-1-3-5(6)9/h4-6H,1-3H3,(H,14,15);1-3,9H,8H2,(H,10,11). The van der Waals surface area contributed by atoms with Crippen molar-refractivity contribution in [3.8, 4) is 5.75 Å². The fourth-order valence-electron chi connectivity index (χ4n) is 2.18. The molecule has 0 unspecified atom stereocenters. The summed E-state index contributed by atoms with van der Waals surface area (Å²) in [7, 11) is 0. The van der Waals surface area contributed by atoms with Gasteiger partial charge in [-0.2, -0.15) is 0 Å². The molecule has 5 N–H and O–H groups in total. The molecule has 0 fully saturated rings. The molecule has 1 aromatic heterocycles. The van der Waals surface area contributed by atoms with Crippen LogP contribution in [0.25, 0.3) is 11.1 Å². The van der Waals surface area contributed by atoms with Crippen molar-refractivity contribution in [3.63, 3.8) is 0 Å². The summed E-state index contributed by atoms with van der Waals surface area (Å²) in [5.74, 6) is -1.78. The van der Waals surface area contributed by atoms with Gasteiger partial charge in [-0.15, -0.1) is 0 Å². The van der Waals surface area contributed by atoms with E-state index in [1.165, 1.54) is 24.3 Å². The van der Waals surface area contributed by atoms with Crippen molar-refractivity contribution in [2.24, 2.45) is 0 Å². The third-order valence-electron chi connectivity index (χ3n) is 3.60. The third kappa shape index (κ3) is 4.35. The van der Waals surface area contributed by atoms with E-state index in [1.54, 1.807) is 12.1 Å². The maximum absolute atomic E-state index is 11.0. The normalized spacial score (nSPS) is 10.9. The van der Waals surface area contributed by atoms with E-state index in [0.717, 1.165) is 0 Å². The molecule has 0 aliphatic heterocycles. The Labute approximate surface area is 154 Å². The van der Waals surface area contributed by atoms with E-state index >= 15 is 0 Å². The Hall–Kier alpha value is -3.55. The fourth-order valence-corrected chi connectivity index (χ4v) is 2.18. The van der Waals surface area contributed by atoms with Gasteiger partial charge in [-0.3, -0.25) is 0 Å². The van der Waals surface area contributed by atoms with E-state index in [2.05, 4.69) is 4.98 Å². The van der Waals surface area contributed by atoms with Crippen molar-refractivity contribution >= 4 is 28.7 Å². The number of hydrogen-bond acceptors (Lipinski definition) is 6. The van der Waals surface area contributed by atoms with E-state index in [0.29, 0.717) is 17.0 Å². The van der Waals surface area contributed by atoms with Crippen LogP contribution in [0.1, 0.15) is 47.4 Å². The van der Waals surface area contributed by atoms with Crippen molar-refractivity contribution in [3.05, 3.63) is 53.4 Å². The van der Waals surface area contributed by atoms with Crippen LogP contribution in [0.5, 0.6) is 5.75 Å². The minimum absolute atomic E-state index is 0.0787. The first-order valence-electron chi connectivity index (χ1n) is 7.96. The summed E-state index contributed by atoms with van der Waals surface area (Å²) >= 11 is 0. The van der Waals surface area contributed by atoms with Crippen LogP contribution in [0.4, 0.5) is 5.69 Å². The first kappa shape index (κ1) is 19.8. The van der Waals surface area contributed by atoms with Crippen molar-refractivity contribution in [1.29, 1.82) is 0 Å². The summed E-state index contributed by atoms with van der Waals surface area (Å²) in [6.07, 6.45) is 0. The van der Waals surface area contributed by atoms with Gasteiger partial charge in [0.1, 0.15) is 11.3 Å². The number of fused-ring (bicyclic) bond motifs is 1. The van der Waals surface area contributed by atoms with E-state index in [9.17, 15) is 9.59 Å². The Morgan fingerprint density at radius 1 is 1.00 bits per heavy atom. The monoisotopic (exact) mass is 372 g/mol. The van der Waals surface area contributed by atoms with Gasteiger partial charge in [-0.05, 0) is 24.3 Å². The number of carboxylic acid groups (broad SMARTS) is 2. The van der Waals surface area contributed by atoms with Gasteiger partial charge in [-0.25, -0.2) is 14.6 Å². The molecule has 0 bridgehead atoms. The number of anilines is 1. The number of carbonyl (C=O) groups is 2. The van der Waals surface area contributed by atoms with Crippen LogP contribution < -0.4 is 5.73 Å². The Bertz CT molecular complexity index is 1000. The summed E-state index contributed by atoms with van der Waals surface area (Å²) in [6.45, 7) is 5.91. The zero-order valence-electron chi connectivity index (χ0n) is 15.1. The molecular weight excluding hydrogens is 352 g/mol. The average molecular weight is 372 g/mol. The largest absolute Gasteiger partial charge is 0.506 e. The van der Waals surface area contributed by atoms with Gasteiger partial charge in [0.25, 0.3) is 0 Å². The molecular formula is C19H20N2O6. The molecule has 1 heterocycles. The Balaban J connectivity index is 0.000000208. The summed E-state index contributed by atoms with van der Waals surface area (Å²) in [5, 5.41) is 26.5. The molecule has 3 rings (SSSR count). The number of rotatable bonds is 2. The summed E-state index contributed by atoms with van der Waals surface area (Å²) < 4.78 is 5.55. The van der Waals surface area contributed by atoms with Gasteiger partial charge < -0.3 is 25.5 Å². The molecule has 0 spiro atoms. The molecule has 8 heteroatoms. The number of aromatic hydroxyl groups is 1. The van der Waals surface area contributed by atoms with Crippen LogP contribution in [0.15, 0.2) is 40.8 Å². The van der Waals surface area contributed by atoms with Crippen LogP contribution in [0, 0.1) is 0 Å². The smallest absolute Gasteiger partial charge is 0.338 e. The number of carboxylic acids is 2. The SMILES string of the molecule is CC(C)(C)c1nc2c(C(=O)O)cccc2o1.Nc1c(O)cccc1C(=O)O. The van der Waals surface area contributed by atoms with E-state index < -0.39 is 11.9 Å². The van der Waals surface area contributed by atoms with Crippen LogP contribution in [0.3, 0.4) is 0 Å². The topological polar surface area (TPSA) is 147 Å². The number of phenols is 1. The highest BCUT2D eigenvalue weighted by Crippen LogP contribution is 2.27. The van der Waals surface area contributed by atoms with E-state index in [1.807, 2.05) is 20.8 Å². The lowest BCUT2D eigenvalue weighted by atomic mass is 9.97. The van der Waals surface area contributed by atoms with Crippen molar-refractivity contribution in [1.82, 2.24) is 4.98 Å². The summed E-state index contributed by atoms with van der Waals surface area (Å²) in [6, 6.07) is 9.00. The number of hydrogen-bond donors (Lipinski definition) is 4. The Morgan fingerprint density at radius 2 is 1.56 bits per heavy atom. The molecule has 8 nitrogen and oxygen atoms in total. The number of phenolic OH excluding ortho intramolecular Hbond substituents is 1. The lowest BCUT2D eigenvalue weighted by Gasteiger charge is -2.11. The fraction of sp³-hybridized carbons (Fsp3) is 0.211. The molecule has 0 atom stereocenters. The second-order valence-electron chi connectivity index (χ2n) is 6.77. The van der Waals surface area contributed by atoms with E-state index in [4.69, 9.17) is 25.5 Å². The quantitative estimate of drug-likeness (QED) is 0.395. The first-order valence-corrected chi connectivity index (χ1v) is 7.96. The number of nitrogen functional groups attached to an aromatic ring is 1. The van der Waals surface area contributed by atoms with Crippen molar-refractivity contribution in [2.45, 2.75) is 26.2 Å². The molecule has 142 valence electrons. The van der Waals surface area contributed by atoms with Gasteiger partial charge >= 0.3 is 11.9 Å².